The lowest BCUT2D eigenvalue weighted by Gasteiger charge is -2.08. The van der Waals surface area contributed by atoms with Crippen molar-refractivity contribution in [1.29, 1.82) is 5.26 Å². The third kappa shape index (κ3) is 9.52. The number of anilines is 4. The van der Waals surface area contributed by atoms with Gasteiger partial charge < -0.3 is 36.3 Å². The van der Waals surface area contributed by atoms with E-state index >= 15 is 0 Å². The molecular formula is C32H35N11O3. The van der Waals surface area contributed by atoms with Crippen LogP contribution in [0.4, 0.5) is 23.1 Å². The van der Waals surface area contributed by atoms with Gasteiger partial charge in [0.2, 0.25) is 5.95 Å². The average Bonchev–Trinajstić information content (AvgIpc) is 3.72. The van der Waals surface area contributed by atoms with Gasteiger partial charge >= 0.3 is 0 Å². The predicted octanol–water partition coefficient (Wildman–Crippen LogP) is 3.61. The SMILES string of the molecule is COc1cnc(Nc2ccc(CC[C@H]3COC(N)=N3)cc2)nc1.N#Cc1cnc(Nc2ccc(CC[C@H]3COC(N)=N3)cc2)cn1. The summed E-state index contributed by atoms with van der Waals surface area (Å²) in [5.41, 5.74) is 15.6. The molecule has 0 saturated carbocycles. The Balaban J connectivity index is 0.000000181. The van der Waals surface area contributed by atoms with Gasteiger partial charge in [-0.05, 0) is 61.1 Å². The summed E-state index contributed by atoms with van der Waals surface area (Å²) < 4.78 is 15.3. The minimum atomic E-state index is 0.154. The van der Waals surface area contributed by atoms with Crippen LogP contribution in [0.2, 0.25) is 0 Å². The molecule has 0 spiro atoms. The molecule has 0 unspecified atom stereocenters. The third-order valence-corrected chi connectivity index (χ3v) is 7.07. The van der Waals surface area contributed by atoms with E-state index in [0.717, 1.165) is 37.1 Å². The molecule has 0 radical (unpaired) electrons. The number of nitrogens with one attached hydrogen (secondary N) is 2. The first-order chi connectivity index (χ1) is 22.4. The monoisotopic (exact) mass is 621 g/mol. The molecule has 2 aromatic carbocycles. The zero-order valence-corrected chi connectivity index (χ0v) is 25.3. The van der Waals surface area contributed by atoms with E-state index in [0.29, 0.717) is 42.4 Å². The van der Waals surface area contributed by atoms with Gasteiger partial charge in [-0.25, -0.2) is 29.9 Å². The van der Waals surface area contributed by atoms with Crippen LogP contribution < -0.4 is 26.8 Å². The maximum Gasteiger partial charge on any atom is 0.282 e. The Kier molecular flexibility index (Phi) is 10.7. The van der Waals surface area contributed by atoms with Crippen LogP contribution in [0.15, 0.2) is 83.3 Å². The first-order valence-corrected chi connectivity index (χ1v) is 14.7. The Labute approximate surface area is 266 Å². The highest BCUT2D eigenvalue weighted by Crippen LogP contribution is 2.19. The number of nitrogens with zero attached hydrogens (tertiary/aromatic N) is 7. The minimum Gasteiger partial charge on any atom is -0.494 e. The number of nitriles is 1. The van der Waals surface area contributed by atoms with Crippen molar-refractivity contribution >= 4 is 35.2 Å². The highest BCUT2D eigenvalue weighted by molar-refractivity contribution is 5.73. The van der Waals surface area contributed by atoms with Gasteiger partial charge in [-0.1, -0.05) is 24.3 Å². The van der Waals surface area contributed by atoms with Gasteiger partial charge in [-0.15, -0.1) is 0 Å². The quantitative estimate of drug-likeness (QED) is 0.190. The van der Waals surface area contributed by atoms with Crippen molar-refractivity contribution in [1.82, 2.24) is 19.9 Å². The minimum absolute atomic E-state index is 0.154. The standard InChI is InChI=1S/C16H16N6O.C16H19N5O2/c17-7-14-8-20-15(9-19-14)21-12-4-1-11(2-5-12)3-6-13-10-23-16(18)22-13;1-22-14-8-18-16(19-9-14)21-12-5-2-11(3-6-12)4-7-13-10-23-15(17)20-13/h1-2,4-5,8-9,13H,3,6,10H2,(H2,18,22)(H,20,21);2-3,5-6,8-9,13H,4,7,10H2,1H3,(H2,17,20)(H,18,19,21)/t2*13-/m00/s1. The molecule has 0 saturated heterocycles. The molecule has 2 aliphatic rings. The molecule has 46 heavy (non-hydrogen) atoms. The van der Waals surface area contributed by atoms with E-state index < -0.39 is 0 Å². The molecule has 0 aliphatic carbocycles. The molecule has 0 amide bonds. The van der Waals surface area contributed by atoms with Crippen molar-refractivity contribution < 1.29 is 14.2 Å². The highest BCUT2D eigenvalue weighted by Gasteiger charge is 2.17. The van der Waals surface area contributed by atoms with E-state index in [-0.39, 0.29) is 18.1 Å². The Morgan fingerprint density at radius 1 is 0.761 bits per heavy atom. The van der Waals surface area contributed by atoms with Crippen molar-refractivity contribution in [3.63, 3.8) is 0 Å². The summed E-state index contributed by atoms with van der Waals surface area (Å²) in [7, 11) is 1.59. The first-order valence-electron chi connectivity index (χ1n) is 14.7. The second-order valence-corrected chi connectivity index (χ2v) is 10.4. The zero-order valence-electron chi connectivity index (χ0n) is 25.3. The van der Waals surface area contributed by atoms with Gasteiger partial charge in [0.25, 0.3) is 12.0 Å². The molecule has 14 nitrogen and oxygen atoms in total. The fourth-order valence-corrected chi connectivity index (χ4v) is 4.56. The van der Waals surface area contributed by atoms with Gasteiger partial charge in [-0.2, -0.15) is 5.26 Å². The molecule has 6 rings (SSSR count). The summed E-state index contributed by atoms with van der Waals surface area (Å²) in [6.07, 6.45) is 9.91. The van der Waals surface area contributed by atoms with Gasteiger partial charge in [0.05, 0.1) is 44.0 Å². The van der Waals surface area contributed by atoms with E-state index in [1.165, 1.54) is 23.5 Å². The molecule has 6 N–H and O–H groups in total. The van der Waals surface area contributed by atoms with Gasteiger partial charge in [-0.3, -0.25) is 0 Å². The molecule has 236 valence electrons. The Morgan fingerprint density at radius 3 is 1.74 bits per heavy atom. The van der Waals surface area contributed by atoms with Crippen molar-refractivity contribution in [2.24, 2.45) is 21.5 Å². The lowest BCUT2D eigenvalue weighted by Crippen LogP contribution is -2.10. The van der Waals surface area contributed by atoms with Crippen LogP contribution in [0.3, 0.4) is 0 Å². The number of hydrogen-bond donors (Lipinski definition) is 4. The van der Waals surface area contributed by atoms with E-state index in [1.807, 2.05) is 30.3 Å². The second kappa shape index (κ2) is 15.7. The maximum atomic E-state index is 8.70. The molecule has 2 aliphatic heterocycles. The van der Waals surface area contributed by atoms with Crippen LogP contribution in [-0.4, -0.2) is 64.4 Å². The number of aliphatic imine (C=N–C) groups is 2. The number of methoxy groups -OCH3 is 1. The second-order valence-electron chi connectivity index (χ2n) is 10.4. The van der Waals surface area contributed by atoms with Crippen molar-refractivity contribution in [3.8, 4) is 11.8 Å². The van der Waals surface area contributed by atoms with Crippen LogP contribution in [0.1, 0.15) is 29.7 Å². The summed E-state index contributed by atoms with van der Waals surface area (Å²) in [4.78, 5) is 24.9. The molecule has 0 bridgehead atoms. The Bertz CT molecular complexity index is 1650. The summed E-state index contributed by atoms with van der Waals surface area (Å²) in [6.45, 7) is 1.16. The van der Waals surface area contributed by atoms with Crippen molar-refractivity contribution in [2.75, 3.05) is 31.0 Å². The van der Waals surface area contributed by atoms with Gasteiger partial charge in [0, 0.05) is 11.4 Å². The number of rotatable bonds is 11. The number of benzene rings is 2. The smallest absolute Gasteiger partial charge is 0.282 e. The molecular weight excluding hydrogens is 586 g/mol. The highest BCUT2D eigenvalue weighted by atomic mass is 16.5. The van der Waals surface area contributed by atoms with E-state index in [4.69, 9.17) is 30.9 Å². The Morgan fingerprint density at radius 2 is 1.30 bits per heavy atom. The summed E-state index contributed by atoms with van der Waals surface area (Å²) in [5, 5.41) is 15.0. The van der Waals surface area contributed by atoms with Crippen LogP contribution in [-0.2, 0) is 22.3 Å². The molecule has 14 heteroatoms. The topological polar surface area (TPSA) is 204 Å². The van der Waals surface area contributed by atoms with Crippen molar-refractivity contribution in [3.05, 3.63) is 90.1 Å². The number of amidine groups is 2. The van der Waals surface area contributed by atoms with E-state index in [9.17, 15) is 0 Å². The van der Waals surface area contributed by atoms with Gasteiger partial charge in [0.15, 0.2) is 11.4 Å². The van der Waals surface area contributed by atoms with E-state index in [2.05, 4.69) is 64.8 Å². The number of nitrogens with two attached hydrogens (primary N) is 2. The van der Waals surface area contributed by atoms with Crippen LogP contribution in [0.25, 0.3) is 0 Å². The average molecular weight is 622 g/mol. The summed E-state index contributed by atoms with van der Waals surface area (Å²) in [5.74, 6) is 1.77. The maximum absolute atomic E-state index is 8.70. The molecule has 4 heterocycles. The fraction of sp³-hybridized carbons (Fsp3) is 0.281. The Hall–Kier alpha value is -5.97. The van der Waals surface area contributed by atoms with E-state index in [1.54, 1.807) is 19.5 Å². The molecule has 4 aromatic rings. The van der Waals surface area contributed by atoms with Crippen LogP contribution in [0, 0.1) is 11.3 Å². The lowest BCUT2D eigenvalue weighted by atomic mass is 10.1. The number of aromatic nitrogens is 4. The van der Waals surface area contributed by atoms with Crippen LogP contribution >= 0.6 is 0 Å². The lowest BCUT2D eigenvalue weighted by molar-refractivity contribution is 0.308. The molecule has 2 atom stereocenters. The largest absolute Gasteiger partial charge is 0.494 e. The third-order valence-electron chi connectivity index (χ3n) is 7.07. The number of aryl methyl sites for hydroxylation is 2. The molecule has 0 fully saturated rings. The summed E-state index contributed by atoms with van der Waals surface area (Å²) in [6, 6.07) is 19.1. The first kappa shape index (κ1) is 31.5. The summed E-state index contributed by atoms with van der Waals surface area (Å²) >= 11 is 0. The van der Waals surface area contributed by atoms with Crippen molar-refractivity contribution in [2.45, 2.75) is 37.8 Å². The normalized spacial score (nSPS) is 16.4. The van der Waals surface area contributed by atoms with Crippen LogP contribution in [0.5, 0.6) is 5.75 Å². The van der Waals surface area contributed by atoms with Gasteiger partial charge in [0.1, 0.15) is 25.1 Å². The fourth-order valence-electron chi connectivity index (χ4n) is 4.56. The predicted molar refractivity (Wildman–Crippen MR) is 174 cm³/mol. The number of hydrogen-bond acceptors (Lipinski definition) is 14. The zero-order chi connectivity index (χ0) is 32.1. The molecule has 2 aromatic heterocycles. The number of ether oxygens (including phenoxy) is 3.